The first-order valence-electron chi connectivity index (χ1n) is 11.0. The van der Waals surface area contributed by atoms with Crippen LogP contribution in [0.5, 0.6) is 0 Å². The predicted octanol–water partition coefficient (Wildman–Crippen LogP) is 7.13. The van der Waals surface area contributed by atoms with Crippen LogP contribution in [0.15, 0.2) is 42.5 Å². The third-order valence-corrected chi connectivity index (χ3v) is 8.06. The monoisotopic (exact) mass is 451 g/mol. The lowest BCUT2D eigenvalue weighted by Gasteiger charge is -2.62. The molecule has 0 heterocycles. The number of halogens is 5. The Bertz CT molecular complexity index is 954. The van der Waals surface area contributed by atoms with Crippen LogP contribution in [0.4, 0.5) is 17.6 Å². The second-order valence-electron chi connectivity index (χ2n) is 10.2. The van der Waals surface area contributed by atoms with Crippen molar-refractivity contribution in [3.05, 3.63) is 70.0 Å². The third-order valence-electron chi connectivity index (χ3n) is 7.80. The van der Waals surface area contributed by atoms with Crippen molar-refractivity contribution < 1.29 is 17.6 Å². The van der Waals surface area contributed by atoms with Crippen LogP contribution < -0.4 is 5.32 Å². The van der Waals surface area contributed by atoms with Crippen molar-refractivity contribution >= 4 is 11.6 Å². The quantitative estimate of drug-likeness (QED) is 0.477. The maximum absolute atomic E-state index is 13.6. The fourth-order valence-electron chi connectivity index (χ4n) is 7.17. The van der Waals surface area contributed by atoms with E-state index in [-0.39, 0.29) is 10.8 Å². The highest BCUT2D eigenvalue weighted by Gasteiger charge is 2.57. The summed E-state index contributed by atoms with van der Waals surface area (Å²) >= 11 is 6.12. The van der Waals surface area contributed by atoms with E-state index in [0.29, 0.717) is 23.9 Å². The highest BCUT2D eigenvalue weighted by molar-refractivity contribution is 6.30. The SMILES string of the molecule is Fc1ccc(CNCC23CC4CC(C2)CC(c2ccc(Cl)cc2)(C4)C3)cc1C(F)(F)F. The van der Waals surface area contributed by atoms with E-state index in [1.807, 2.05) is 12.1 Å². The van der Waals surface area contributed by atoms with Crippen LogP contribution >= 0.6 is 11.6 Å². The lowest BCUT2D eigenvalue weighted by Crippen LogP contribution is -2.56. The minimum Gasteiger partial charge on any atom is -0.312 e. The molecule has 0 aromatic heterocycles. The van der Waals surface area contributed by atoms with Gasteiger partial charge in [-0.15, -0.1) is 0 Å². The summed E-state index contributed by atoms with van der Waals surface area (Å²) in [5.74, 6) is 0.199. The molecule has 0 spiro atoms. The summed E-state index contributed by atoms with van der Waals surface area (Å²) in [4.78, 5) is 0. The van der Waals surface area contributed by atoms with Crippen molar-refractivity contribution in [2.45, 2.75) is 56.7 Å². The molecule has 4 saturated carbocycles. The Morgan fingerprint density at radius 2 is 1.65 bits per heavy atom. The van der Waals surface area contributed by atoms with Gasteiger partial charge in [-0.2, -0.15) is 13.2 Å². The van der Waals surface area contributed by atoms with Crippen molar-refractivity contribution in [3.63, 3.8) is 0 Å². The Morgan fingerprint density at radius 3 is 2.29 bits per heavy atom. The molecule has 31 heavy (non-hydrogen) atoms. The van der Waals surface area contributed by atoms with Crippen LogP contribution in [0.25, 0.3) is 0 Å². The number of alkyl halides is 3. The Hall–Kier alpha value is -1.59. The zero-order chi connectivity index (χ0) is 21.9. The van der Waals surface area contributed by atoms with E-state index in [2.05, 4.69) is 17.4 Å². The molecule has 4 aliphatic carbocycles. The molecule has 0 saturated heterocycles. The lowest BCUT2D eigenvalue weighted by atomic mass is 9.43. The highest BCUT2D eigenvalue weighted by Crippen LogP contribution is 2.65. The van der Waals surface area contributed by atoms with E-state index in [9.17, 15) is 17.6 Å². The number of hydrogen-bond donors (Lipinski definition) is 1. The first kappa shape index (κ1) is 21.3. The van der Waals surface area contributed by atoms with E-state index >= 15 is 0 Å². The molecule has 2 unspecified atom stereocenters. The summed E-state index contributed by atoms with van der Waals surface area (Å²) < 4.78 is 52.6. The topological polar surface area (TPSA) is 12.0 Å². The maximum Gasteiger partial charge on any atom is 0.419 e. The van der Waals surface area contributed by atoms with Crippen molar-refractivity contribution in [1.29, 1.82) is 0 Å². The van der Waals surface area contributed by atoms with Crippen LogP contribution in [-0.4, -0.2) is 6.54 Å². The zero-order valence-electron chi connectivity index (χ0n) is 17.2. The van der Waals surface area contributed by atoms with E-state index in [1.54, 1.807) is 0 Å². The minimum atomic E-state index is -4.68. The number of benzene rings is 2. The first-order chi connectivity index (χ1) is 14.7. The van der Waals surface area contributed by atoms with Gasteiger partial charge in [0, 0.05) is 18.1 Å². The molecular formula is C25H26ClF4N. The summed E-state index contributed by atoms with van der Waals surface area (Å²) in [6.45, 7) is 1.10. The van der Waals surface area contributed by atoms with Gasteiger partial charge < -0.3 is 5.32 Å². The second kappa shape index (κ2) is 7.48. The molecule has 6 rings (SSSR count). The van der Waals surface area contributed by atoms with Gasteiger partial charge in [0.05, 0.1) is 5.56 Å². The van der Waals surface area contributed by atoms with Gasteiger partial charge in [-0.05, 0) is 96.6 Å². The summed E-state index contributed by atoms with van der Waals surface area (Å²) in [6.07, 6.45) is 2.54. The fraction of sp³-hybridized carbons (Fsp3) is 0.520. The molecular weight excluding hydrogens is 426 g/mol. The molecule has 0 radical (unpaired) electrons. The van der Waals surface area contributed by atoms with E-state index in [1.165, 1.54) is 43.7 Å². The minimum absolute atomic E-state index is 0.177. The molecule has 0 amide bonds. The van der Waals surface area contributed by atoms with E-state index < -0.39 is 17.6 Å². The molecule has 166 valence electrons. The van der Waals surface area contributed by atoms with Gasteiger partial charge in [-0.25, -0.2) is 4.39 Å². The Balaban J connectivity index is 1.32. The van der Waals surface area contributed by atoms with Crippen LogP contribution in [0, 0.1) is 23.1 Å². The lowest BCUT2D eigenvalue weighted by molar-refractivity contribution is -0.140. The predicted molar refractivity (Wildman–Crippen MR) is 113 cm³/mol. The molecule has 4 fully saturated rings. The molecule has 0 aliphatic heterocycles. The van der Waals surface area contributed by atoms with Crippen LogP contribution in [-0.2, 0) is 18.1 Å². The molecule has 6 heteroatoms. The van der Waals surface area contributed by atoms with Gasteiger partial charge >= 0.3 is 6.18 Å². The van der Waals surface area contributed by atoms with Gasteiger partial charge in [-0.3, -0.25) is 0 Å². The molecule has 1 N–H and O–H groups in total. The average Bonchev–Trinajstić information content (AvgIpc) is 2.67. The smallest absolute Gasteiger partial charge is 0.312 e. The van der Waals surface area contributed by atoms with Gasteiger partial charge in [-0.1, -0.05) is 29.8 Å². The largest absolute Gasteiger partial charge is 0.419 e. The summed E-state index contributed by atoms with van der Waals surface area (Å²) in [5.41, 5.74) is 1.02. The Kier molecular flexibility index (Phi) is 5.13. The van der Waals surface area contributed by atoms with Crippen molar-refractivity contribution in [2.75, 3.05) is 6.54 Å². The van der Waals surface area contributed by atoms with Gasteiger partial charge in [0.15, 0.2) is 0 Å². The first-order valence-corrected chi connectivity index (χ1v) is 11.4. The normalized spacial score (nSPS) is 31.9. The molecule has 4 aliphatic rings. The summed E-state index contributed by atoms with van der Waals surface area (Å²) in [7, 11) is 0. The number of nitrogens with one attached hydrogen (secondary N) is 1. The van der Waals surface area contributed by atoms with Gasteiger partial charge in [0.1, 0.15) is 5.82 Å². The van der Waals surface area contributed by atoms with Crippen LogP contribution in [0.1, 0.15) is 55.2 Å². The molecule has 2 atom stereocenters. The fourth-order valence-corrected chi connectivity index (χ4v) is 7.30. The van der Waals surface area contributed by atoms with Crippen molar-refractivity contribution in [1.82, 2.24) is 5.32 Å². The number of rotatable bonds is 5. The standard InChI is InChI=1S/C25H26ClF4N/c26-20-4-2-19(3-5-20)24-11-17-7-18(12-24)10-23(9-17,14-24)15-31-13-16-1-6-22(27)21(8-16)25(28,29)30/h1-6,8,17-18,31H,7,9-15H2. The third kappa shape index (κ3) is 4.00. The molecule has 2 aromatic carbocycles. The number of hydrogen-bond acceptors (Lipinski definition) is 1. The molecule has 2 aromatic rings. The van der Waals surface area contributed by atoms with Gasteiger partial charge in [0.2, 0.25) is 0 Å². The highest BCUT2D eigenvalue weighted by atomic mass is 35.5. The Labute approximate surface area is 185 Å². The van der Waals surface area contributed by atoms with Gasteiger partial charge in [0.25, 0.3) is 0 Å². The molecule has 1 nitrogen and oxygen atoms in total. The van der Waals surface area contributed by atoms with Crippen molar-refractivity contribution in [2.24, 2.45) is 17.3 Å². The van der Waals surface area contributed by atoms with Crippen LogP contribution in [0.3, 0.4) is 0 Å². The zero-order valence-corrected chi connectivity index (χ0v) is 18.0. The molecule has 4 bridgehead atoms. The second-order valence-corrected chi connectivity index (χ2v) is 10.6. The van der Waals surface area contributed by atoms with Crippen molar-refractivity contribution in [3.8, 4) is 0 Å². The maximum atomic E-state index is 13.6. The summed E-state index contributed by atoms with van der Waals surface area (Å²) in [5, 5.41) is 4.18. The van der Waals surface area contributed by atoms with E-state index in [4.69, 9.17) is 11.6 Å². The Morgan fingerprint density at radius 1 is 0.968 bits per heavy atom. The average molecular weight is 452 g/mol. The van der Waals surface area contributed by atoms with Crippen LogP contribution in [0.2, 0.25) is 5.02 Å². The summed E-state index contributed by atoms with van der Waals surface area (Å²) in [6, 6.07) is 11.6. The van der Waals surface area contributed by atoms with E-state index in [0.717, 1.165) is 30.1 Å².